The van der Waals surface area contributed by atoms with E-state index in [4.69, 9.17) is 15.0 Å². The van der Waals surface area contributed by atoms with Crippen LogP contribution in [0.1, 0.15) is 30.9 Å². The lowest BCUT2D eigenvalue weighted by molar-refractivity contribution is 0.248. The second-order valence-corrected chi connectivity index (χ2v) is 7.38. The van der Waals surface area contributed by atoms with E-state index < -0.39 is 8.25 Å². The van der Waals surface area contributed by atoms with Crippen LogP contribution in [0, 0.1) is 0 Å². The highest BCUT2D eigenvalue weighted by atomic mass is 31.1. The van der Waals surface area contributed by atoms with Gasteiger partial charge in [0.1, 0.15) is 12.1 Å². The first-order valence-electron chi connectivity index (χ1n) is 9.12. The second kappa shape index (κ2) is 9.60. The maximum atomic E-state index is 12.5. The molecular formula is C18H23N5O5P+. The van der Waals surface area contributed by atoms with Gasteiger partial charge >= 0.3 is 20.0 Å². The van der Waals surface area contributed by atoms with Gasteiger partial charge in [0.15, 0.2) is 11.5 Å². The van der Waals surface area contributed by atoms with Gasteiger partial charge in [-0.1, -0.05) is 37.6 Å². The van der Waals surface area contributed by atoms with Crippen LogP contribution in [0.2, 0.25) is 0 Å². The van der Waals surface area contributed by atoms with Crippen molar-refractivity contribution in [1.82, 2.24) is 19.5 Å². The molecule has 0 radical (unpaired) electrons. The van der Waals surface area contributed by atoms with Crippen molar-refractivity contribution in [3.05, 3.63) is 45.9 Å². The molecule has 0 bridgehead atoms. The minimum atomic E-state index is -2.15. The molecule has 0 saturated heterocycles. The highest BCUT2D eigenvalue weighted by Crippen LogP contribution is 2.24. The molecule has 1 unspecified atom stereocenters. The van der Waals surface area contributed by atoms with Crippen molar-refractivity contribution in [3.8, 4) is 6.01 Å². The predicted octanol–water partition coefficient (Wildman–Crippen LogP) is 2.75. The van der Waals surface area contributed by atoms with Crippen LogP contribution in [0.5, 0.6) is 6.01 Å². The van der Waals surface area contributed by atoms with Crippen LogP contribution in [-0.4, -0.2) is 33.2 Å². The molecule has 0 fully saturated rings. The smallest absolute Gasteiger partial charge is 0.463 e. The van der Waals surface area contributed by atoms with E-state index in [1.807, 2.05) is 24.3 Å². The first kappa shape index (κ1) is 20.9. The third-order valence-electron chi connectivity index (χ3n) is 4.18. The lowest BCUT2D eigenvalue weighted by atomic mass is 10.1. The molecule has 2 aromatic heterocycles. The predicted molar refractivity (Wildman–Crippen MR) is 108 cm³/mol. The fraction of sp³-hybridized carbons (Fsp3) is 0.389. The summed E-state index contributed by atoms with van der Waals surface area (Å²) >= 11 is 0. The summed E-state index contributed by atoms with van der Waals surface area (Å²) in [6.45, 7) is 2.91. The van der Waals surface area contributed by atoms with Gasteiger partial charge in [-0.05, 0) is 17.5 Å². The number of fused-ring (bicyclic) bond motifs is 1. The average molecular weight is 420 g/mol. The van der Waals surface area contributed by atoms with E-state index in [9.17, 15) is 9.36 Å². The zero-order chi connectivity index (χ0) is 20.8. The molecule has 11 heteroatoms. The lowest BCUT2D eigenvalue weighted by Crippen LogP contribution is -2.18. The van der Waals surface area contributed by atoms with Crippen molar-refractivity contribution in [2.45, 2.75) is 32.9 Å². The van der Waals surface area contributed by atoms with E-state index in [0.717, 1.165) is 24.0 Å². The normalized spacial score (nSPS) is 11.7. The molecule has 0 amide bonds. The largest absolute Gasteiger partial charge is 0.697 e. The third-order valence-corrected chi connectivity index (χ3v) is 4.82. The number of nitrogens with zero attached hydrogens (tertiary/aromatic N) is 3. The van der Waals surface area contributed by atoms with Crippen LogP contribution in [-0.2, 0) is 26.8 Å². The number of nitrogen functional groups attached to an aromatic ring is 1. The summed E-state index contributed by atoms with van der Waals surface area (Å²) in [6.07, 6.45) is 1.84. The van der Waals surface area contributed by atoms with Crippen molar-refractivity contribution in [1.29, 1.82) is 0 Å². The number of imidazole rings is 1. The number of hydrogen-bond acceptors (Lipinski definition) is 8. The number of benzene rings is 1. The lowest BCUT2D eigenvalue weighted by Gasteiger charge is -2.07. The number of nitrogens with two attached hydrogens (primary N) is 1. The Kier molecular flexibility index (Phi) is 6.92. The van der Waals surface area contributed by atoms with Gasteiger partial charge < -0.3 is 15.5 Å². The quantitative estimate of drug-likeness (QED) is 0.378. The van der Waals surface area contributed by atoms with Crippen LogP contribution in [0.4, 0.5) is 5.82 Å². The van der Waals surface area contributed by atoms with Crippen LogP contribution in [0.25, 0.3) is 11.2 Å². The maximum Gasteiger partial charge on any atom is 0.697 e. The molecule has 3 aromatic rings. The molecule has 0 saturated carbocycles. The Morgan fingerprint density at radius 3 is 2.83 bits per heavy atom. The molecule has 3 rings (SSSR count). The van der Waals surface area contributed by atoms with Crippen LogP contribution >= 0.6 is 8.25 Å². The fourth-order valence-electron chi connectivity index (χ4n) is 2.73. The molecule has 29 heavy (non-hydrogen) atoms. The number of H-pyrrole nitrogens is 1. The Labute approximate surface area is 168 Å². The summed E-state index contributed by atoms with van der Waals surface area (Å²) in [7, 11) is -0.838. The summed E-state index contributed by atoms with van der Waals surface area (Å²) in [4.78, 5) is 23.6. The van der Waals surface area contributed by atoms with Crippen LogP contribution in [0.3, 0.4) is 0 Å². The van der Waals surface area contributed by atoms with Gasteiger partial charge in [0, 0.05) is 4.57 Å². The number of unbranched alkanes of at least 4 members (excludes halogenated alkanes) is 1. The van der Waals surface area contributed by atoms with Crippen LogP contribution in [0.15, 0.2) is 29.1 Å². The minimum absolute atomic E-state index is 0.129. The van der Waals surface area contributed by atoms with Gasteiger partial charge in [-0.3, -0.25) is 4.57 Å². The topological polar surface area (TPSA) is 134 Å². The summed E-state index contributed by atoms with van der Waals surface area (Å²) < 4.78 is 28.0. The Morgan fingerprint density at radius 2 is 2.07 bits per heavy atom. The Hall–Kier alpha value is -2.81. The first-order chi connectivity index (χ1) is 14.0. The van der Waals surface area contributed by atoms with Gasteiger partial charge in [-0.15, -0.1) is 9.05 Å². The van der Waals surface area contributed by atoms with E-state index >= 15 is 0 Å². The van der Waals surface area contributed by atoms with E-state index in [-0.39, 0.29) is 30.7 Å². The number of aromatic nitrogens is 4. The second-order valence-electron chi connectivity index (χ2n) is 6.31. The van der Waals surface area contributed by atoms with Gasteiger partial charge in [0.05, 0.1) is 20.3 Å². The molecule has 0 spiro atoms. The summed E-state index contributed by atoms with van der Waals surface area (Å²) in [5.74, 6) is 0.155. The minimum Gasteiger partial charge on any atom is -0.463 e. The van der Waals surface area contributed by atoms with Gasteiger partial charge in [-0.2, -0.15) is 9.97 Å². The number of aromatic amines is 1. The molecule has 0 aliphatic carbocycles. The zero-order valence-electron chi connectivity index (χ0n) is 16.3. The molecule has 3 N–H and O–H groups in total. The number of ether oxygens (including phenoxy) is 1. The SMILES string of the molecule is CCCCOc1nc(N)c2[nH]c(=O)n(Cc3cccc(CO[P+](=O)OC)c3)c2n1. The van der Waals surface area contributed by atoms with E-state index in [1.54, 1.807) is 0 Å². The number of nitrogens with one attached hydrogen (secondary N) is 1. The van der Waals surface area contributed by atoms with E-state index in [0.29, 0.717) is 17.8 Å². The average Bonchev–Trinajstić information content (AvgIpc) is 3.03. The van der Waals surface area contributed by atoms with Crippen molar-refractivity contribution in [2.75, 3.05) is 19.5 Å². The number of anilines is 1. The monoisotopic (exact) mass is 420 g/mol. The fourth-order valence-corrected chi connectivity index (χ4v) is 3.09. The third kappa shape index (κ3) is 5.17. The molecule has 10 nitrogen and oxygen atoms in total. The summed E-state index contributed by atoms with van der Waals surface area (Å²) in [5.41, 5.74) is 8.00. The van der Waals surface area contributed by atoms with Gasteiger partial charge in [0.2, 0.25) is 0 Å². The maximum absolute atomic E-state index is 12.5. The molecule has 0 aliphatic rings. The van der Waals surface area contributed by atoms with Gasteiger partial charge in [0.25, 0.3) is 0 Å². The van der Waals surface area contributed by atoms with Crippen LogP contribution < -0.4 is 16.2 Å². The van der Waals surface area contributed by atoms with Crippen molar-refractivity contribution < 1.29 is 18.3 Å². The van der Waals surface area contributed by atoms with Crippen molar-refractivity contribution in [3.63, 3.8) is 0 Å². The van der Waals surface area contributed by atoms with Crippen molar-refractivity contribution >= 4 is 25.2 Å². The number of hydrogen-bond donors (Lipinski definition) is 2. The Morgan fingerprint density at radius 1 is 1.28 bits per heavy atom. The first-order valence-corrected chi connectivity index (χ1v) is 10.2. The molecule has 154 valence electrons. The number of rotatable bonds is 10. The summed E-state index contributed by atoms with van der Waals surface area (Å²) in [5, 5.41) is 0. The molecule has 1 aromatic carbocycles. The molecule has 0 aliphatic heterocycles. The van der Waals surface area contributed by atoms with E-state index in [1.165, 1.54) is 11.7 Å². The molecule has 2 heterocycles. The Balaban J connectivity index is 1.87. The zero-order valence-corrected chi connectivity index (χ0v) is 17.1. The Bertz CT molecular complexity index is 1060. The highest BCUT2D eigenvalue weighted by molar-refractivity contribution is 7.33. The van der Waals surface area contributed by atoms with E-state index in [2.05, 4.69) is 26.4 Å². The highest BCUT2D eigenvalue weighted by Gasteiger charge is 2.18. The standard InChI is InChI=1S/C18H22N5O5P/c1-3-4-8-27-17-21-15(19)14-16(22-17)23(18(24)20-14)10-12-6-5-7-13(9-12)11-28-29(25)26-2/h5-7,9H,3-4,8,10-11H2,1-2H3,(H2-,19,20,21,22,24)/p+1. The molecule has 1 atom stereocenters. The van der Waals surface area contributed by atoms with Crippen molar-refractivity contribution in [2.24, 2.45) is 0 Å². The molecular weight excluding hydrogens is 397 g/mol. The van der Waals surface area contributed by atoms with Gasteiger partial charge in [-0.25, -0.2) is 4.79 Å². The summed E-state index contributed by atoms with van der Waals surface area (Å²) in [6, 6.07) is 7.53.